The van der Waals surface area contributed by atoms with E-state index in [9.17, 15) is 8.42 Å². The van der Waals surface area contributed by atoms with Gasteiger partial charge >= 0.3 is 0 Å². The van der Waals surface area contributed by atoms with E-state index in [1.165, 1.54) is 0 Å². The molecule has 0 fully saturated rings. The monoisotopic (exact) mass is 389 g/mol. The zero-order valence-electron chi connectivity index (χ0n) is 12.6. The fraction of sp³-hybridized carbons (Fsp3) is 0.250. The third-order valence-corrected chi connectivity index (χ3v) is 6.37. The predicted molar refractivity (Wildman–Crippen MR) is 99.0 cm³/mol. The first-order valence-corrected chi connectivity index (χ1v) is 10.4. The molecule has 1 N–H and O–H groups in total. The van der Waals surface area contributed by atoms with Gasteiger partial charge in [0, 0.05) is 18.1 Å². The highest BCUT2D eigenvalue weighted by molar-refractivity contribution is 7.98. The van der Waals surface area contributed by atoms with Gasteiger partial charge in [0.1, 0.15) is 0 Å². The van der Waals surface area contributed by atoms with Crippen molar-refractivity contribution in [3.63, 3.8) is 0 Å². The van der Waals surface area contributed by atoms with Gasteiger partial charge in [-0.25, -0.2) is 13.1 Å². The summed E-state index contributed by atoms with van der Waals surface area (Å²) in [4.78, 5) is 0.289. The van der Waals surface area contributed by atoms with Crippen molar-refractivity contribution in [3.8, 4) is 0 Å². The zero-order valence-corrected chi connectivity index (χ0v) is 15.7. The van der Waals surface area contributed by atoms with Gasteiger partial charge < -0.3 is 0 Å². The molecule has 0 amide bonds. The second-order valence-corrected chi connectivity index (χ2v) is 8.70. The molecule has 0 radical (unpaired) electrons. The molecule has 0 aliphatic heterocycles. The Hall–Kier alpha value is -0.720. The van der Waals surface area contributed by atoms with Gasteiger partial charge in [-0.2, -0.15) is 11.8 Å². The standard InChI is InChI=1S/C16H17Cl2NO2S2/c1-12-2-5-14(6-3-12)23(20,21)19-8-9-22-11-13-4-7-15(17)16(18)10-13/h2-7,10,19H,8-9,11H2,1H3. The molecule has 23 heavy (non-hydrogen) atoms. The maximum absolute atomic E-state index is 12.1. The highest BCUT2D eigenvalue weighted by Gasteiger charge is 2.12. The average molecular weight is 390 g/mol. The molecule has 124 valence electrons. The molecule has 0 unspecified atom stereocenters. The van der Waals surface area contributed by atoms with E-state index in [1.54, 1.807) is 42.1 Å². The number of rotatable bonds is 7. The van der Waals surface area contributed by atoms with Crippen LogP contribution in [0.3, 0.4) is 0 Å². The van der Waals surface area contributed by atoms with Crippen LogP contribution in [0.15, 0.2) is 47.4 Å². The summed E-state index contributed by atoms with van der Waals surface area (Å²) in [6.45, 7) is 2.30. The molecule has 0 spiro atoms. The lowest BCUT2D eigenvalue weighted by Gasteiger charge is -2.07. The van der Waals surface area contributed by atoms with Crippen LogP contribution in [0.2, 0.25) is 10.0 Å². The van der Waals surface area contributed by atoms with Crippen molar-refractivity contribution in [1.29, 1.82) is 0 Å². The van der Waals surface area contributed by atoms with E-state index >= 15 is 0 Å². The van der Waals surface area contributed by atoms with E-state index in [1.807, 2.05) is 19.1 Å². The molecule has 0 heterocycles. The molecule has 0 saturated carbocycles. The van der Waals surface area contributed by atoms with Gasteiger partial charge in [-0.1, -0.05) is 47.0 Å². The number of hydrogen-bond donors (Lipinski definition) is 1. The SMILES string of the molecule is Cc1ccc(S(=O)(=O)NCCSCc2ccc(Cl)c(Cl)c2)cc1. The molecule has 0 aliphatic rings. The van der Waals surface area contributed by atoms with Crippen molar-refractivity contribution in [3.05, 3.63) is 63.6 Å². The molecule has 2 aromatic carbocycles. The van der Waals surface area contributed by atoms with Crippen molar-refractivity contribution in [2.75, 3.05) is 12.3 Å². The van der Waals surface area contributed by atoms with E-state index in [4.69, 9.17) is 23.2 Å². The minimum Gasteiger partial charge on any atom is -0.210 e. The fourth-order valence-corrected chi connectivity index (χ4v) is 4.16. The number of thioether (sulfide) groups is 1. The van der Waals surface area contributed by atoms with Crippen LogP contribution in [-0.2, 0) is 15.8 Å². The first-order chi connectivity index (χ1) is 10.9. The Kier molecular flexibility index (Phi) is 6.80. The number of nitrogens with one attached hydrogen (secondary N) is 1. The lowest BCUT2D eigenvalue weighted by Crippen LogP contribution is -2.26. The topological polar surface area (TPSA) is 46.2 Å². The summed E-state index contributed by atoms with van der Waals surface area (Å²) < 4.78 is 26.8. The van der Waals surface area contributed by atoms with Crippen molar-refractivity contribution in [2.45, 2.75) is 17.6 Å². The van der Waals surface area contributed by atoms with E-state index < -0.39 is 10.0 Å². The number of aryl methyl sites for hydroxylation is 1. The van der Waals surface area contributed by atoms with Crippen LogP contribution in [0.4, 0.5) is 0 Å². The summed E-state index contributed by atoms with van der Waals surface area (Å²) in [5.74, 6) is 1.43. The van der Waals surface area contributed by atoms with Gasteiger partial charge in [-0.05, 0) is 36.8 Å². The first-order valence-electron chi connectivity index (χ1n) is 6.96. The summed E-state index contributed by atoms with van der Waals surface area (Å²) in [7, 11) is -3.44. The van der Waals surface area contributed by atoms with Gasteiger partial charge in [0.15, 0.2) is 0 Å². The van der Waals surface area contributed by atoms with Crippen LogP contribution in [0.1, 0.15) is 11.1 Å². The molecule has 2 aromatic rings. The number of sulfonamides is 1. The second kappa shape index (κ2) is 8.40. The van der Waals surface area contributed by atoms with Gasteiger partial charge in [0.05, 0.1) is 14.9 Å². The van der Waals surface area contributed by atoms with Crippen molar-refractivity contribution in [2.24, 2.45) is 0 Å². The van der Waals surface area contributed by atoms with E-state index in [0.29, 0.717) is 22.3 Å². The fourth-order valence-electron chi connectivity index (χ4n) is 1.87. The van der Waals surface area contributed by atoms with Crippen LogP contribution in [0, 0.1) is 6.92 Å². The quantitative estimate of drug-likeness (QED) is 0.708. The van der Waals surface area contributed by atoms with Crippen LogP contribution in [0.25, 0.3) is 0 Å². The van der Waals surface area contributed by atoms with Gasteiger partial charge in [0.2, 0.25) is 10.0 Å². The minimum absolute atomic E-state index is 0.289. The van der Waals surface area contributed by atoms with Crippen molar-refractivity contribution >= 4 is 45.0 Å². The van der Waals surface area contributed by atoms with Crippen LogP contribution in [-0.4, -0.2) is 20.7 Å². The highest BCUT2D eigenvalue weighted by Crippen LogP contribution is 2.24. The summed E-state index contributed by atoms with van der Waals surface area (Å²) in [5.41, 5.74) is 2.09. The molecular formula is C16H17Cl2NO2S2. The van der Waals surface area contributed by atoms with Gasteiger partial charge in [0.25, 0.3) is 0 Å². The molecule has 0 saturated heterocycles. The maximum Gasteiger partial charge on any atom is 0.240 e. The third-order valence-electron chi connectivity index (χ3n) is 3.12. The smallest absolute Gasteiger partial charge is 0.210 e. The molecule has 0 aromatic heterocycles. The molecule has 3 nitrogen and oxygen atoms in total. The Labute approximate surface area is 151 Å². The first kappa shape index (κ1) is 18.6. The van der Waals surface area contributed by atoms with E-state index in [0.717, 1.165) is 16.9 Å². The Morgan fingerprint density at radius 3 is 2.39 bits per heavy atom. The lowest BCUT2D eigenvalue weighted by atomic mass is 10.2. The van der Waals surface area contributed by atoms with Gasteiger partial charge in [-0.3, -0.25) is 0 Å². The van der Waals surface area contributed by atoms with Crippen LogP contribution < -0.4 is 4.72 Å². The van der Waals surface area contributed by atoms with Crippen molar-refractivity contribution in [1.82, 2.24) is 4.72 Å². The summed E-state index contributed by atoms with van der Waals surface area (Å²) >= 11 is 13.5. The minimum atomic E-state index is -3.44. The lowest BCUT2D eigenvalue weighted by molar-refractivity contribution is 0.584. The molecule has 2 rings (SSSR count). The summed E-state index contributed by atoms with van der Waals surface area (Å²) in [6, 6.07) is 12.3. The van der Waals surface area contributed by atoms with E-state index in [2.05, 4.69) is 4.72 Å². The highest BCUT2D eigenvalue weighted by atomic mass is 35.5. The van der Waals surface area contributed by atoms with Gasteiger partial charge in [-0.15, -0.1) is 0 Å². The Morgan fingerprint density at radius 2 is 1.74 bits per heavy atom. The number of halogens is 2. The zero-order chi connectivity index (χ0) is 16.9. The maximum atomic E-state index is 12.1. The molecule has 0 aliphatic carbocycles. The largest absolute Gasteiger partial charge is 0.240 e. The second-order valence-electron chi connectivity index (χ2n) is 5.01. The summed E-state index contributed by atoms with van der Waals surface area (Å²) in [6.07, 6.45) is 0. The Balaban J connectivity index is 1.78. The predicted octanol–water partition coefficient (Wildman–Crippen LogP) is 4.51. The number of hydrogen-bond acceptors (Lipinski definition) is 3. The average Bonchev–Trinajstić information content (AvgIpc) is 2.51. The van der Waals surface area contributed by atoms with E-state index in [-0.39, 0.29) is 4.90 Å². The molecule has 7 heteroatoms. The molecule has 0 atom stereocenters. The third kappa shape index (κ3) is 5.69. The van der Waals surface area contributed by atoms with Crippen molar-refractivity contribution < 1.29 is 8.42 Å². The van der Waals surface area contributed by atoms with Crippen LogP contribution >= 0.6 is 35.0 Å². The Morgan fingerprint density at radius 1 is 1.04 bits per heavy atom. The molecule has 0 bridgehead atoms. The molecular weight excluding hydrogens is 373 g/mol. The number of benzene rings is 2. The normalized spacial score (nSPS) is 11.6. The Bertz CT molecular complexity index is 762. The summed E-state index contributed by atoms with van der Waals surface area (Å²) in [5, 5.41) is 1.07. The van der Waals surface area contributed by atoms with Crippen LogP contribution in [0.5, 0.6) is 0 Å².